The molecule has 0 aliphatic heterocycles. The molecule has 8 heteroatoms. The molecule has 0 saturated carbocycles. The summed E-state index contributed by atoms with van der Waals surface area (Å²) in [5.41, 5.74) is 9.19. The monoisotopic (exact) mass is 333 g/mol. The highest BCUT2D eigenvalue weighted by Gasteiger charge is 2.20. The lowest BCUT2D eigenvalue weighted by molar-refractivity contribution is 0.431. The van der Waals surface area contributed by atoms with E-state index in [1.54, 1.807) is 16.9 Å². The summed E-state index contributed by atoms with van der Waals surface area (Å²) < 4.78 is 6.82. The molecule has 0 atom stereocenters. The predicted molar refractivity (Wildman–Crippen MR) is 91.7 cm³/mol. The minimum absolute atomic E-state index is 0.203. The number of aryl methyl sites for hydroxylation is 1. The molecular formula is C17H15N7O. The standard InChI is InChI=1S/C17H15N7O/c1-2-11-6-8-12(9-7-11)24-15(18)14(21-23-24)17-20-16(22-25-17)13-5-3-4-10-19-13/h3-10H,2,18H2,1H3. The molecule has 2 N–H and O–H groups in total. The Labute approximate surface area is 143 Å². The van der Waals surface area contributed by atoms with Crippen LogP contribution in [-0.2, 0) is 6.42 Å². The quantitative estimate of drug-likeness (QED) is 0.611. The molecule has 8 nitrogen and oxygen atoms in total. The Balaban J connectivity index is 1.68. The van der Waals surface area contributed by atoms with E-state index >= 15 is 0 Å². The second-order valence-electron chi connectivity index (χ2n) is 5.39. The average molecular weight is 333 g/mol. The fourth-order valence-corrected chi connectivity index (χ4v) is 2.42. The third-order valence-electron chi connectivity index (χ3n) is 3.82. The molecule has 0 bridgehead atoms. The molecule has 0 fully saturated rings. The maximum atomic E-state index is 6.18. The molecule has 4 aromatic rings. The van der Waals surface area contributed by atoms with Gasteiger partial charge in [-0.05, 0) is 36.2 Å². The van der Waals surface area contributed by atoms with Crippen LogP contribution in [0.3, 0.4) is 0 Å². The van der Waals surface area contributed by atoms with Crippen LogP contribution in [0, 0.1) is 0 Å². The molecule has 124 valence electrons. The normalized spacial score (nSPS) is 10.9. The van der Waals surface area contributed by atoms with E-state index in [1.807, 2.05) is 36.4 Å². The first-order chi connectivity index (χ1) is 12.3. The van der Waals surface area contributed by atoms with Crippen LogP contribution in [0.15, 0.2) is 53.2 Å². The van der Waals surface area contributed by atoms with Crippen LogP contribution in [0.4, 0.5) is 5.82 Å². The number of anilines is 1. The molecule has 25 heavy (non-hydrogen) atoms. The van der Waals surface area contributed by atoms with Gasteiger partial charge in [-0.2, -0.15) is 9.67 Å². The number of aromatic nitrogens is 6. The fourth-order valence-electron chi connectivity index (χ4n) is 2.42. The molecule has 0 aliphatic rings. The van der Waals surface area contributed by atoms with E-state index in [0.29, 0.717) is 23.0 Å². The van der Waals surface area contributed by atoms with Crippen LogP contribution >= 0.6 is 0 Å². The molecule has 3 aromatic heterocycles. The zero-order valence-corrected chi connectivity index (χ0v) is 13.5. The predicted octanol–water partition coefficient (Wildman–Crippen LogP) is 2.52. The Kier molecular flexibility index (Phi) is 3.70. The maximum absolute atomic E-state index is 6.18. The van der Waals surface area contributed by atoms with E-state index in [4.69, 9.17) is 10.3 Å². The lowest BCUT2D eigenvalue weighted by Crippen LogP contribution is -2.02. The molecule has 0 amide bonds. The summed E-state index contributed by atoms with van der Waals surface area (Å²) in [6, 6.07) is 13.4. The van der Waals surface area contributed by atoms with Crippen LogP contribution < -0.4 is 5.73 Å². The van der Waals surface area contributed by atoms with E-state index in [1.165, 1.54) is 5.56 Å². The Morgan fingerprint density at radius 2 is 1.96 bits per heavy atom. The van der Waals surface area contributed by atoms with Gasteiger partial charge in [-0.3, -0.25) is 4.98 Å². The Morgan fingerprint density at radius 3 is 2.68 bits per heavy atom. The number of benzene rings is 1. The van der Waals surface area contributed by atoms with Crippen molar-refractivity contribution in [2.45, 2.75) is 13.3 Å². The molecule has 0 saturated heterocycles. The summed E-state index contributed by atoms with van der Waals surface area (Å²) in [5.74, 6) is 0.909. The average Bonchev–Trinajstić information content (AvgIpc) is 3.29. The second kappa shape index (κ2) is 6.16. The molecule has 0 spiro atoms. The summed E-state index contributed by atoms with van der Waals surface area (Å²) in [6.07, 6.45) is 2.63. The Bertz CT molecular complexity index is 990. The van der Waals surface area contributed by atoms with Crippen molar-refractivity contribution >= 4 is 5.82 Å². The zero-order chi connectivity index (χ0) is 17.2. The molecular weight excluding hydrogens is 318 g/mol. The van der Waals surface area contributed by atoms with E-state index in [9.17, 15) is 0 Å². The van der Waals surface area contributed by atoms with Crippen molar-refractivity contribution in [3.8, 4) is 28.8 Å². The molecule has 3 heterocycles. The summed E-state index contributed by atoms with van der Waals surface area (Å²) in [4.78, 5) is 8.50. The first-order valence-corrected chi connectivity index (χ1v) is 7.82. The van der Waals surface area contributed by atoms with Crippen LogP contribution in [-0.4, -0.2) is 30.1 Å². The van der Waals surface area contributed by atoms with Gasteiger partial charge in [0.05, 0.1) is 5.69 Å². The van der Waals surface area contributed by atoms with E-state index in [-0.39, 0.29) is 5.89 Å². The molecule has 0 radical (unpaired) electrons. The van der Waals surface area contributed by atoms with Crippen LogP contribution in [0.5, 0.6) is 0 Å². The number of nitrogens with zero attached hydrogens (tertiary/aromatic N) is 6. The van der Waals surface area contributed by atoms with Gasteiger partial charge >= 0.3 is 0 Å². The fraction of sp³-hybridized carbons (Fsp3) is 0.118. The lowest BCUT2D eigenvalue weighted by atomic mass is 10.1. The smallest absolute Gasteiger partial charge is 0.282 e. The summed E-state index contributed by atoms with van der Waals surface area (Å²) in [7, 11) is 0. The molecule has 0 aliphatic carbocycles. The van der Waals surface area contributed by atoms with Gasteiger partial charge in [0.25, 0.3) is 5.89 Å². The molecule has 0 unspecified atom stereocenters. The molecule has 4 rings (SSSR count). The Hall–Kier alpha value is -3.55. The van der Waals surface area contributed by atoms with Crippen molar-refractivity contribution < 1.29 is 4.52 Å². The third-order valence-corrected chi connectivity index (χ3v) is 3.82. The van der Waals surface area contributed by atoms with E-state index < -0.39 is 0 Å². The van der Waals surface area contributed by atoms with Gasteiger partial charge in [0, 0.05) is 6.20 Å². The summed E-state index contributed by atoms with van der Waals surface area (Å²) >= 11 is 0. The number of nitrogens with two attached hydrogens (primary N) is 1. The first kappa shape index (κ1) is 15.0. The topological polar surface area (TPSA) is 109 Å². The van der Waals surface area contributed by atoms with Crippen molar-refractivity contribution in [1.82, 2.24) is 30.1 Å². The van der Waals surface area contributed by atoms with Crippen molar-refractivity contribution in [1.29, 1.82) is 0 Å². The minimum atomic E-state index is 0.203. The summed E-state index contributed by atoms with van der Waals surface area (Å²) in [6.45, 7) is 2.10. The van der Waals surface area contributed by atoms with Gasteiger partial charge in [0.1, 0.15) is 5.69 Å². The third kappa shape index (κ3) is 2.74. The molecule has 1 aromatic carbocycles. The second-order valence-corrected chi connectivity index (χ2v) is 5.39. The number of hydrogen-bond donors (Lipinski definition) is 1. The van der Waals surface area contributed by atoms with Crippen molar-refractivity contribution in [3.05, 3.63) is 54.2 Å². The van der Waals surface area contributed by atoms with Gasteiger partial charge < -0.3 is 10.3 Å². The zero-order valence-electron chi connectivity index (χ0n) is 13.5. The lowest BCUT2D eigenvalue weighted by Gasteiger charge is -2.03. The summed E-state index contributed by atoms with van der Waals surface area (Å²) in [5, 5.41) is 12.1. The largest absolute Gasteiger partial charge is 0.382 e. The highest BCUT2D eigenvalue weighted by atomic mass is 16.5. The van der Waals surface area contributed by atoms with Crippen LogP contribution in [0.1, 0.15) is 12.5 Å². The SMILES string of the molecule is CCc1ccc(-n2nnc(-c3nc(-c4ccccn4)no3)c2N)cc1. The highest BCUT2D eigenvalue weighted by Crippen LogP contribution is 2.25. The van der Waals surface area contributed by atoms with Gasteiger partial charge in [-0.15, -0.1) is 5.10 Å². The van der Waals surface area contributed by atoms with E-state index in [2.05, 4.69) is 32.4 Å². The first-order valence-electron chi connectivity index (χ1n) is 7.82. The highest BCUT2D eigenvalue weighted by molar-refractivity contribution is 5.65. The van der Waals surface area contributed by atoms with Crippen LogP contribution in [0.2, 0.25) is 0 Å². The van der Waals surface area contributed by atoms with Gasteiger partial charge in [-0.1, -0.05) is 35.5 Å². The van der Waals surface area contributed by atoms with E-state index in [0.717, 1.165) is 12.1 Å². The van der Waals surface area contributed by atoms with Crippen molar-refractivity contribution in [2.24, 2.45) is 0 Å². The number of hydrogen-bond acceptors (Lipinski definition) is 7. The number of nitrogen functional groups attached to an aromatic ring is 1. The van der Waals surface area contributed by atoms with Gasteiger partial charge in [0.2, 0.25) is 5.82 Å². The number of rotatable bonds is 4. The van der Waals surface area contributed by atoms with Crippen molar-refractivity contribution in [2.75, 3.05) is 5.73 Å². The van der Waals surface area contributed by atoms with Crippen molar-refractivity contribution in [3.63, 3.8) is 0 Å². The number of pyridine rings is 1. The maximum Gasteiger partial charge on any atom is 0.282 e. The van der Waals surface area contributed by atoms with Gasteiger partial charge in [-0.25, -0.2) is 0 Å². The van der Waals surface area contributed by atoms with Gasteiger partial charge in [0.15, 0.2) is 11.5 Å². The van der Waals surface area contributed by atoms with Crippen LogP contribution in [0.25, 0.3) is 28.8 Å². The Morgan fingerprint density at radius 1 is 1.12 bits per heavy atom. The minimum Gasteiger partial charge on any atom is -0.382 e.